The topological polar surface area (TPSA) is 65.7 Å². The summed E-state index contributed by atoms with van der Waals surface area (Å²) in [6.07, 6.45) is 7.65. The van der Waals surface area contributed by atoms with Crippen LogP contribution in [-0.4, -0.2) is 48.6 Å². The van der Waals surface area contributed by atoms with Crippen molar-refractivity contribution in [3.8, 4) is 0 Å². The van der Waals surface area contributed by atoms with Crippen molar-refractivity contribution in [3.63, 3.8) is 0 Å². The van der Waals surface area contributed by atoms with Crippen molar-refractivity contribution in [2.75, 3.05) is 26.7 Å². The van der Waals surface area contributed by atoms with E-state index in [0.717, 1.165) is 55.4 Å². The Bertz CT molecular complexity index is 599. The van der Waals surface area contributed by atoms with E-state index in [1.165, 1.54) is 38.5 Å². The number of hydrogen-bond donors (Lipinski definition) is 2. The van der Waals surface area contributed by atoms with Crippen LogP contribution in [0.4, 0.5) is 0 Å². The lowest BCUT2D eigenvalue weighted by Crippen LogP contribution is -2.47. The van der Waals surface area contributed by atoms with Crippen LogP contribution in [0.25, 0.3) is 0 Å². The van der Waals surface area contributed by atoms with Gasteiger partial charge in [-0.25, -0.2) is 4.98 Å². The summed E-state index contributed by atoms with van der Waals surface area (Å²) in [6.45, 7) is 10.4. The average molecular weight is 376 g/mol. The molecule has 6 nitrogen and oxygen atoms in total. The predicted octanol–water partition coefficient (Wildman–Crippen LogP) is 3.25. The van der Waals surface area contributed by atoms with Crippen LogP contribution in [0.1, 0.15) is 62.8 Å². The summed E-state index contributed by atoms with van der Waals surface area (Å²) in [7, 11) is 1.88. The molecule has 0 bridgehead atoms. The minimum Gasteiger partial charge on any atom is -0.444 e. The highest BCUT2D eigenvalue weighted by Crippen LogP contribution is 2.23. The van der Waals surface area contributed by atoms with E-state index in [1.54, 1.807) is 0 Å². The highest BCUT2D eigenvalue weighted by atomic mass is 16.4. The number of nitrogens with zero attached hydrogens (tertiary/aromatic N) is 3. The van der Waals surface area contributed by atoms with Crippen LogP contribution in [0.2, 0.25) is 0 Å². The number of aliphatic imine (C=N–C) groups is 1. The number of hydrogen-bond acceptors (Lipinski definition) is 4. The molecule has 1 aliphatic carbocycles. The first-order chi connectivity index (χ1) is 13.0. The van der Waals surface area contributed by atoms with Gasteiger partial charge < -0.3 is 15.1 Å². The van der Waals surface area contributed by atoms with E-state index in [1.807, 2.05) is 20.9 Å². The van der Waals surface area contributed by atoms with Crippen molar-refractivity contribution in [2.24, 2.45) is 16.8 Å². The molecule has 3 rings (SSSR count). The molecule has 1 saturated heterocycles. The molecular weight excluding hydrogens is 338 g/mol. The molecule has 6 heteroatoms. The highest BCUT2D eigenvalue weighted by molar-refractivity contribution is 5.79. The van der Waals surface area contributed by atoms with Crippen LogP contribution in [0, 0.1) is 25.7 Å². The molecule has 2 unspecified atom stereocenters. The molecule has 2 aliphatic rings. The first-order valence-corrected chi connectivity index (χ1v) is 10.7. The van der Waals surface area contributed by atoms with Gasteiger partial charge in [0.05, 0.1) is 12.2 Å². The van der Waals surface area contributed by atoms with Crippen molar-refractivity contribution in [1.82, 2.24) is 20.5 Å². The Morgan fingerprint density at radius 1 is 1.22 bits per heavy atom. The number of likely N-dealkylation sites (tertiary alicyclic amines) is 1. The molecule has 27 heavy (non-hydrogen) atoms. The fourth-order valence-corrected chi connectivity index (χ4v) is 4.34. The molecule has 2 atom stereocenters. The smallest absolute Gasteiger partial charge is 0.208 e. The third kappa shape index (κ3) is 5.96. The van der Waals surface area contributed by atoms with Crippen LogP contribution in [0.5, 0.6) is 0 Å². The number of rotatable bonds is 5. The molecule has 1 aliphatic heterocycles. The Morgan fingerprint density at radius 2 is 2.00 bits per heavy atom. The summed E-state index contributed by atoms with van der Waals surface area (Å²) in [5.41, 5.74) is 1.01. The van der Waals surface area contributed by atoms with Crippen molar-refractivity contribution >= 4 is 5.96 Å². The Morgan fingerprint density at radius 3 is 2.63 bits per heavy atom. The lowest BCUT2D eigenvalue weighted by atomic mass is 9.87. The average Bonchev–Trinajstić information content (AvgIpc) is 2.97. The summed E-state index contributed by atoms with van der Waals surface area (Å²) in [5, 5.41) is 7.20. The van der Waals surface area contributed by atoms with Crippen LogP contribution < -0.4 is 10.6 Å². The van der Waals surface area contributed by atoms with Crippen LogP contribution in [0.15, 0.2) is 9.41 Å². The van der Waals surface area contributed by atoms with E-state index in [9.17, 15) is 0 Å². The maximum atomic E-state index is 5.73. The monoisotopic (exact) mass is 375 g/mol. The van der Waals surface area contributed by atoms with Gasteiger partial charge in [-0.3, -0.25) is 9.89 Å². The van der Waals surface area contributed by atoms with Gasteiger partial charge >= 0.3 is 0 Å². The molecule has 1 aromatic rings. The van der Waals surface area contributed by atoms with Gasteiger partial charge in [0.25, 0.3) is 0 Å². The van der Waals surface area contributed by atoms with E-state index in [4.69, 9.17) is 4.42 Å². The normalized spacial score (nSPS) is 25.6. The summed E-state index contributed by atoms with van der Waals surface area (Å²) in [5.74, 6) is 4.30. The SMILES string of the molecule is CN=C(NCC1CCN(Cc2nc(C)c(C)o2)CC1)NC1CCCC(C)C1. The minimum atomic E-state index is 0.578. The lowest BCUT2D eigenvalue weighted by molar-refractivity contribution is 0.164. The summed E-state index contributed by atoms with van der Waals surface area (Å²) >= 11 is 0. The second-order valence-corrected chi connectivity index (χ2v) is 8.53. The van der Waals surface area contributed by atoms with Gasteiger partial charge in [0.15, 0.2) is 5.96 Å². The van der Waals surface area contributed by atoms with E-state index < -0.39 is 0 Å². The Kier molecular flexibility index (Phi) is 7.16. The van der Waals surface area contributed by atoms with Gasteiger partial charge in [-0.1, -0.05) is 19.8 Å². The largest absolute Gasteiger partial charge is 0.444 e. The molecule has 2 N–H and O–H groups in total. The number of nitrogens with one attached hydrogen (secondary N) is 2. The molecule has 2 fully saturated rings. The zero-order valence-corrected chi connectivity index (χ0v) is 17.6. The Labute approximate surface area is 164 Å². The minimum absolute atomic E-state index is 0.578. The maximum Gasteiger partial charge on any atom is 0.208 e. The second kappa shape index (κ2) is 9.58. The van der Waals surface area contributed by atoms with Gasteiger partial charge in [-0.05, 0) is 64.5 Å². The van der Waals surface area contributed by atoms with E-state index >= 15 is 0 Å². The third-order valence-electron chi connectivity index (χ3n) is 6.20. The standard InChI is InChI=1S/C21H37N5O/c1-15-6-5-7-19(12-15)25-21(22-4)23-13-18-8-10-26(11-9-18)14-20-24-16(2)17(3)27-20/h15,18-19H,5-14H2,1-4H3,(H2,22,23,25). The summed E-state index contributed by atoms with van der Waals surface area (Å²) in [6, 6.07) is 0.578. The predicted molar refractivity (Wildman–Crippen MR) is 110 cm³/mol. The molecule has 152 valence electrons. The fraction of sp³-hybridized carbons (Fsp3) is 0.810. The van der Waals surface area contributed by atoms with E-state index in [-0.39, 0.29) is 0 Å². The second-order valence-electron chi connectivity index (χ2n) is 8.53. The molecule has 0 amide bonds. The molecule has 0 spiro atoms. The van der Waals surface area contributed by atoms with Gasteiger partial charge in [0.1, 0.15) is 5.76 Å². The highest BCUT2D eigenvalue weighted by Gasteiger charge is 2.22. The lowest BCUT2D eigenvalue weighted by Gasteiger charge is -2.32. The number of aromatic nitrogens is 1. The molecule has 2 heterocycles. The fourth-order valence-electron chi connectivity index (χ4n) is 4.34. The van der Waals surface area contributed by atoms with Gasteiger partial charge in [-0.2, -0.15) is 0 Å². The number of guanidine groups is 1. The van der Waals surface area contributed by atoms with Crippen LogP contribution >= 0.6 is 0 Å². The van der Waals surface area contributed by atoms with Crippen LogP contribution in [-0.2, 0) is 6.54 Å². The maximum absolute atomic E-state index is 5.73. The molecule has 1 aromatic heterocycles. The van der Waals surface area contributed by atoms with Crippen molar-refractivity contribution < 1.29 is 4.42 Å². The summed E-state index contributed by atoms with van der Waals surface area (Å²) < 4.78 is 5.73. The molecule has 0 radical (unpaired) electrons. The van der Waals surface area contributed by atoms with Gasteiger partial charge in [0.2, 0.25) is 5.89 Å². The third-order valence-corrected chi connectivity index (χ3v) is 6.20. The molecular formula is C21H37N5O. The molecule has 1 saturated carbocycles. The molecule has 0 aromatic carbocycles. The first-order valence-electron chi connectivity index (χ1n) is 10.7. The first kappa shape index (κ1) is 20.2. The number of aryl methyl sites for hydroxylation is 2. The zero-order chi connectivity index (χ0) is 19.2. The van der Waals surface area contributed by atoms with Gasteiger partial charge in [-0.15, -0.1) is 0 Å². The van der Waals surface area contributed by atoms with E-state index in [0.29, 0.717) is 12.0 Å². The number of piperidine rings is 1. The van der Waals surface area contributed by atoms with Crippen molar-refractivity contribution in [2.45, 2.75) is 71.9 Å². The van der Waals surface area contributed by atoms with Crippen LogP contribution in [0.3, 0.4) is 0 Å². The Balaban J connectivity index is 1.37. The summed E-state index contributed by atoms with van der Waals surface area (Å²) in [4.78, 5) is 11.4. The number of oxazole rings is 1. The van der Waals surface area contributed by atoms with E-state index in [2.05, 4.69) is 32.4 Å². The Hall–Kier alpha value is -1.56. The van der Waals surface area contributed by atoms with Crippen molar-refractivity contribution in [1.29, 1.82) is 0 Å². The zero-order valence-electron chi connectivity index (χ0n) is 17.6. The van der Waals surface area contributed by atoms with Gasteiger partial charge in [0, 0.05) is 19.6 Å². The quantitative estimate of drug-likeness (QED) is 0.611. The van der Waals surface area contributed by atoms with Crippen molar-refractivity contribution in [3.05, 3.63) is 17.3 Å².